The minimum absolute atomic E-state index is 0.0546. The Morgan fingerprint density at radius 1 is 1.14 bits per heavy atom. The van der Waals surface area contributed by atoms with Crippen LogP contribution in [0.4, 0.5) is 13.2 Å². The van der Waals surface area contributed by atoms with Crippen LogP contribution in [0, 0.1) is 17.5 Å². The highest BCUT2D eigenvalue weighted by Crippen LogP contribution is 2.33. The largest absolute Gasteiger partial charge is 0.503 e. The predicted molar refractivity (Wildman–Crippen MR) is 72.7 cm³/mol. The monoisotopic (exact) mass is 312 g/mol. The average Bonchev–Trinajstić information content (AvgIpc) is 2.78. The van der Waals surface area contributed by atoms with Crippen molar-refractivity contribution in [3.8, 4) is 17.1 Å². The standard InChI is InChI=1S/C14H8ClF3N2O/c1-20-10-4-6(15)2-3-9(10)19-14(20)7-5-8(16)12(18)13(21)11(7)17/h2-5,21H,1H3. The van der Waals surface area contributed by atoms with Crippen molar-refractivity contribution >= 4 is 22.6 Å². The Morgan fingerprint density at radius 3 is 2.57 bits per heavy atom. The van der Waals surface area contributed by atoms with Gasteiger partial charge in [-0.1, -0.05) is 11.6 Å². The van der Waals surface area contributed by atoms with Crippen LogP contribution in [0.25, 0.3) is 22.4 Å². The molecule has 2 aromatic carbocycles. The summed E-state index contributed by atoms with van der Waals surface area (Å²) in [7, 11) is 1.58. The lowest BCUT2D eigenvalue weighted by Crippen LogP contribution is -1.98. The van der Waals surface area contributed by atoms with Crippen molar-refractivity contribution in [3.63, 3.8) is 0 Å². The summed E-state index contributed by atoms with van der Waals surface area (Å²) in [6, 6.07) is 5.51. The van der Waals surface area contributed by atoms with Crippen LogP contribution in [0.1, 0.15) is 0 Å². The Balaban J connectivity index is 2.33. The predicted octanol–water partition coefficient (Wildman–Crippen LogP) is 4.02. The molecular weight excluding hydrogens is 305 g/mol. The van der Waals surface area contributed by atoms with E-state index in [-0.39, 0.29) is 11.4 Å². The van der Waals surface area contributed by atoms with E-state index in [4.69, 9.17) is 11.6 Å². The van der Waals surface area contributed by atoms with Crippen molar-refractivity contribution < 1.29 is 18.3 Å². The Kier molecular flexibility index (Phi) is 3.06. The molecule has 0 aliphatic rings. The summed E-state index contributed by atoms with van der Waals surface area (Å²) in [5, 5.41) is 9.75. The number of aromatic hydroxyl groups is 1. The molecule has 0 aliphatic heterocycles. The highest BCUT2D eigenvalue weighted by atomic mass is 35.5. The first-order valence-electron chi connectivity index (χ1n) is 5.89. The van der Waals surface area contributed by atoms with Crippen LogP contribution in [-0.2, 0) is 7.05 Å². The SMILES string of the molecule is Cn1c(-c2cc(F)c(F)c(O)c2F)nc2ccc(Cl)cc21. The molecule has 7 heteroatoms. The molecule has 0 atom stereocenters. The van der Waals surface area contributed by atoms with Crippen LogP contribution in [-0.4, -0.2) is 14.7 Å². The van der Waals surface area contributed by atoms with Crippen LogP contribution in [0.3, 0.4) is 0 Å². The van der Waals surface area contributed by atoms with Crippen molar-refractivity contribution in [3.05, 3.63) is 46.7 Å². The second kappa shape index (κ2) is 4.66. The number of nitrogens with zero attached hydrogens (tertiary/aromatic N) is 2. The number of phenols is 1. The van der Waals surface area contributed by atoms with E-state index >= 15 is 0 Å². The number of aryl methyl sites for hydroxylation is 1. The minimum Gasteiger partial charge on any atom is -0.503 e. The Labute approximate surface area is 122 Å². The fourth-order valence-electron chi connectivity index (χ4n) is 2.16. The molecule has 0 unspecified atom stereocenters. The van der Waals surface area contributed by atoms with Gasteiger partial charge in [0.25, 0.3) is 0 Å². The van der Waals surface area contributed by atoms with Gasteiger partial charge in [0.2, 0.25) is 5.82 Å². The molecule has 3 aromatic rings. The third-order valence-electron chi connectivity index (χ3n) is 3.22. The van der Waals surface area contributed by atoms with Gasteiger partial charge >= 0.3 is 0 Å². The van der Waals surface area contributed by atoms with Crippen molar-refractivity contribution in [2.45, 2.75) is 0 Å². The van der Waals surface area contributed by atoms with Crippen LogP contribution < -0.4 is 0 Å². The number of hydrogen-bond donors (Lipinski definition) is 1. The van der Waals surface area contributed by atoms with E-state index in [1.54, 1.807) is 25.2 Å². The van der Waals surface area contributed by atoms with E-state index in [2.05, 4.69) is 4.98 Å². The molecule has 0 spiro atoms. The molecule has 0 amide bonds. The molecule has 0 bridgehead atoms. The summed E-state index contributed by atoms with van der Waals surface area (Å²) < 4.78 is 42.0. The van der Waals surface area contributed by atoms with Crippen molar-refractivity contribution in [1.82, 2.24) is 9.55 Å². The van der Waals surface area contributed by atoms with Gasteiger partial charge in [0.05, 0.1) is 16.6 Å². The Morgan fingerprint density at radius 2 is 1.86 bits per heavy atom. The zero-order chi connectivity index (χ0) is 15.3. The van der Waals surface area contributed by atoms with Gasteiger partial charge in [0.1, 0.15) is 5.82 Å². The summed E-state index contributed by atoms with van der Waals surface area (Å²) in [5.74, 6) is -5.56. The summed E-state index contributed by atoms with van der Waals surface area (Å²) in [6.07, 6.45) is 0. The zero-order valence-electron chi connectivity index (χ0n) is 10.7. The van der Waals surface area contributed by atoms with Crippen LogP contribution >= 0.6 is 11.6 Å². The summed E-state index contributed by atoms with van der Waals surface area (Å²) in [5.41, 5.74) is 0.780. The van der Waals surface area contributed by atoms with E-state index < -0.39 is 23.2 Å². The fourth-order valence-corrected chi connectivity index (χ4v) is 2.32. The van der Waals surface area contributed by atoms with E-state index in [0.29, 0.717) is 22.1 Å². The second-order valence-electron chi connectivity index (χ2n) is 4.51. The van der Waals surface area contributed by atoms with E-state index in [1.165, 1.54) is 4.57 Å². The van der Waals surface area contributed by atoms with Crippen LogP contribution in [0.5, 0.6) is 5.75 Å². The average molecular weight is 313 g/mol. The molecule has 0 aliphatic carbocycles. The van der Waals surface area contributed by atoms with Gasteiger partial charge < -0.3 is 9.67 Å². The molecule has 3 nitrogen and oxygen atoms in total. The lowest BCUT2D eigenvalue weighted by molar-refractivity contribution is 0.377. The number of phenolic OH excluding ortho intramolecular Hbond substituents is 1. The van der Waals surface area contributed by atoms with Gasteiger partial charge in [-0.15, -0.1) is 0 Å². The molecule has 3 rings (SSSR count). The normalized spacial score (nSPS) is 11.3. The van der Waals surface area contributed by atoms with E-state index in [0.717, 1.165) is 0 Å². The minimum atomic E-state index is -1.63. The summed E-state index contributed by atoms with van der Waals surface area (Å²) in [4.78, 5) is 4.16. The Bertz CT molecular complexity index is 877. The first-order chi connectivity index (χ1) is 9.90. The number of halogens is 4. The van der Waals surface area contributed by atoms with E-state index in [9.17, 15) is 18.3 Å². The first-order valence-corrected chi connectivity index (χ1v) is 6.26. The third-order valence-corrected chi connectivity index (χ3v) is 3.45. The molecule has 1 N–H and O–H groups in total. The maximum atomic E-state index is 14.0. The van der Waals surface area contributed by atoms with Crippen LogP contribution in [0.2, 0.25) is 5.02 Å². The number of aromatic nitrogens is 2. The lowest BCUT2D eigenvalue weighted by Gasteiger charge is -2.07. The van der Waals surface area contributed by atoms with E-state index in [1.807, 2.05) is 0 Å². The van der Waals surface area contributed by atoms with Gasteiger partial charge in [-0.2, -0.15) is 4.39 Å². The first kappa shape index (κ1) is 13.8. The molecule has 108 valence electrons. The maximum Gasteiger partial charge on any atom is 0.203 e. The van der Waals surface area contributed by atoms with Gasteiger partial charge in [-0.05, 0) is 24.3 Å². The second-order valence-corrected chi connectivity index (χ2v) is 4.95. The van der Waals surface area contributed by atoms with Crippen molar-refractivity contribution in [2.75, 3.05) is 0 Å². The number of benzene rings is 2. The highest BCUT2D eigenvalue weighted by molar-refractivity contribution is 6.31. The van der Waals surface area contributed by atoms with Gasteiger partial charge in [-0.25, -0.2) is 13.8 Å². The highest BCUT2D eigenvalue weighted by Gasteiger charge is 2.22. The lowest BCUT2D eigenvalue weighted by atomic mass is 10.1. The van der Waals surface area contributed by atoms with Crippen LogP contribution in [0.15, 0.2) is 24.3 Å². The quantitative estimate of drug-likeness (QED) is 0.689. The molecule has 0 saturated carbocycles. The molecule has 0 saturated heterocycles. The fraction of sp³-hybridized carbons (Fsp3) is 0.0714. The number of rotatable bonds is 1. The number of fused-ring (bicyclic) bond motifs is 1. The Hall–Kier alpha value is -2.21. The van der Waals surface area contributed by atoms with Crippen molar-refractivity contribution in [1.29, 1.82) is 0 Å². The topological polar surface area (TPSA) is 38.0 Å². The molecule has 1 heterocycles. The zero-order valence-corrected chi connectivity index (χ0v) is 11.4. The van der Waals surface area contributed by atoms with Gasteiger partial charge in [0, 0.05) is 12.1 Å². The van der Waals surface area contributed by atoms with Crippen molar-refractivity contribution in [2.24, 2.45) is 7.05 Å². The maximum absolute atomic E-state index is 14.0. The smallest absolute Gasteiger partial charge is 0.203 e. The van der Waals surface area contributed by atoms with Gasteiger partial charge in [-0.3, -0.25) is 0 Å². The third kappa shape index (κ3) is 2.03. The molecular formula is C14H8ClF3N2O. The molecule has 1 aromatic heterocycles. The van der Waals surface area contributed by atoms with Gasteiger partial charge in [0.15, 0.2) is 17.4 Å². The molecule has 0 fully saturated rings. The number of hydrogen-bond acceptors (Lipinski definition) is 2. The summed E-state index contributed by atoms with van der Waals surface area (Å²) >= 11 is 5.88. The summed E-state index contributed by atoms with van der Waals surface area (Å²) in [6.45, 7) is 0. The molecule has 0 radical (unpaired) electrons. The number of imidazole rings is 1. The molecule has 21 heavy (non-hydrogen) atoms.